The normalized spacial score (nSPS) is 17.2. The minimum atomic E-state index is -0.496. The number of nitrogens with two attached hydrogens (primary N) is 1. The number of piperidine rings is 1. The van der Waals surface area contributed by atoms with Crippen molar-refractivity contribution in [1.82, 2.24) is 15.6 Å². The molecule has 0 atom stereocenters. The largest absolute Gasteiger partial charge is 0.444 e. The molecule has 1 rings (SSSR count). The summed E-state index contributed by atoms with van der Waals surface area (Å²) in [5.41, 5.74) is 1.60. The quantitative estimate of drug-likeness (QED) is 0.364. The maximum atomic E-state index is 11.6. The molecule has 0 bridgehead atoms. The molecule has 0 aliphatic carbocycles. The molecule has 3 amide bonds. The van der Waals surface area contributed by atoms with Gasteiger partial charge >= 0.3 is 12.1 Å². The summed E-state index contributed by atoms with van der Waals surface area (Å²) < 4.78 is 5.17. The second kappa shape index (κ2) is 5.90. The van der Waals surface area contributed by atoms with Crippen LogP contribution in [0.15, 0.2) is 0 Å². The molecule has 4 N–H and O–H groups in total. The zero-order valence-corrected chi connectivity index (χ0v) is 11.2. The predicted octanol–water partition coefficient (Wildman–Crippen LogP) is 0.559. The first-order valence-electron chi connectivity index (χ1n) is 6.07. The number of alkyl carbamates (subject to hydrolysis) is 1. The van der Waals surface area contributed by atoms with Crippen molar-refractivity contribution < 1.29 is 14.3 Å². The van der Waals surface area contributed by atoms with E-state index in [-0.39, 0.29) is 12.1 Å². The minimum Gasteiger partial charge on any atom is -0.444 e. The summed E-state index contributed by atoms with van der Waals surface area (Å²) in [5, 5.41) is 2.80. The Balaban J connectivity index is 2.31. The molecule has 0 spiro atoms. The van der Waals surface area contributed by atoms with E-state index < -0.39 is 11.7 Å². The Labute approximate surface area is 107 Å². The van der Waals surface area contributed by atoms with Crippen LogP contribution in [0.3, 0.4) is 0 Å². The van der Waals surface area contributed by atoms with Crippen LogP contribution in [0.4, 0.5) is 9.59 Å². The summed E-state index contributed by atoms with van der Waals surface area (Å²) in [6.07, 6.45) is 0.989. The number of nitrogens with one attached hydrogen (secondary N) is 2. The van der Waals surface area contributed by atoms with E-state index in [1.165, 1.54) is 0 Å². The van der Waals surface area contributed by atoms with Crippen LogP contribution in [0.25, 0.3) is 0 Å². The maximum absolute atomic E-state index is 11.6. The number of hydrazine groups is 1. The number of likely N-dealkylation sites (tertiary alicyclic amines) is 1. The molecule has 0 aromatic rings. The second-order valence-corrected chi connectivity index (χ2v) is 5.36. The number of hydrogen-bond donors (Lipinski definition) is 3. The van der Waals surface area contributed by atoms with Crippen LogP contribution >= 0.6 is 0 Å². The highest BCUT2D eigenvalue weighted by Gasteiger charge is 2.25. The van der Waals surface area contributed by atoms with Gasteiger partial charge in [0.25, 0.3) is 0 Å². The third-order valence-electron chi connectivity index (χ3n) is 2.63. The summed E-state index contributed by atoms with van der Waals surface area (Å²) in [7, 11) is 0. The molecule has 7 nitrogen and oxygen atoms in total. The van der Waals surface area contributed by atoms with Gasteiger partial charge in [0, 0.05) is 19.1 Å². The van der Waals surface area contributed by atoms with Crippen molar-refractivity contribution in [3.8, 4) is 0 Å². The molecule has 0 saturated carbocycles. The van der Waals surface area contributed by atoms with E-state index in [1.807, 2.05) is 20.8 Å². The van der Waals surface area contributed by atoms with Crippen molar-refractivity contribution in [3.05, 3.63) is 0 Å². The lowest BCUT2D eigenvalue weighted by molar-refractivity contribution is 0.0485. The second-order valence-electron chi connectivity index (χ2n) is 5.36. The number of nitrogens with zero attached hydrogens (tertiary/aromatic N) is 1. The van der Waals surface area contributed by atoms with Crippen LogP contribution in [0, 0.1) is 0 Å². The standard InChI is InChI=1S/C11H22N4O3/c1-11(2,3)18-10(17)13-8-4-6-15(7-5-8)9(16)14-12/h8H,4-7,12H2,1-3H3,(H,13,17)(H,14,16). The van der Waals surface area contributed by atoms with Crippen molar-refractivity contribution >= 4 is 12.1 Å². The van der Waals surface area contributed by atoms with Gasteiger partial charge in [-0.25, -0.2) is 15.4 Å². The Morgan fingerprint density at radius 2 is 1.83 bits per heavy atom. The zero-order valence-electron chi connectivity index (χ0n) is 11.2. The van der Waals surface area contributed by atoms with Crippen molar-refractivity contribution in [1.29, 1.82) is 0 Å². The average Bonchev–Trinajstić information content (AvgIpc) is 2.26. The number of ether oxygens (including phenoxy) is 1. The van der Waals surface area contributed by atoms with Gasteiger partial charge < -0.3 is 15.0 Å². The Hall–Kier alpha value is -1.50. The lowest BCUT2D eigenvalue weighted by atomic mass is 10.1. The molecule has 104 valence electrons. The maximum Gasteiger partial charge on any atom is 0.407 e. The zero-order chi connectivity index (χ0) is 13.8. The fourth-order valence-corrected chi connectivity index (χ4v) is 1.79. The Bertz CT molecular complexity index is 306. The summed E-state index contributed by atoms with van der Waals surface area (Å²) >= 11 is 0. The first kappa shape index (κ1) is 14.6. The van der Waals surface area contributed by atoms with Gasteiger partial charge in [-0.2, -0.15) is 0 Å². The van der Waals surface area contributed by atoms with Crippen LogP contribution in [0.1, 0.15) is 33.6 Å². The van der Waals surface area contributed by atoms with Crippen molar-refractivity contribution in [3.63, 3.8) is 0 Å². The third kappa shape index (κ3) is 4.79. The van der Waals surface area contributed by atoms with E-state index in [4.69, 9.17) is 10.6 Å². The molecule has 1 saturated heterocycles. The Kier molecular flexibility index (Phi) is 4.77. The first-order chi connectivity index (χ1) is 8.31. The van der Waals surface area contributed by atoms with E-state index in [1.54, 1.807) is 4.90 Å². The van der Waals surface area contributed by atoms with Crippen LogP contribution in [-0.4, -0.2) is 41.8 Å². The molecule has 7 heteroatoms. The van der Waals surface area contributed by atoms with E-state index in [0.29, 0.717) is 25.9 Å². The molecule has 0 radical (unpaired) electrons. The van der Waals surface area contributed by atoms with Gasteiger partial charge in [0.2, 0.25) is 0 Å². The molecule has 18 heavy (non-hydrogen) atoms. The third-order valence-corrected chi connectivity index (χ3v) is 2.63. The minimum absolute atomic E-state index is 0.0432. The summed E-state index contributed by atoms with van der Waals surface area (Å²) in [4.78, 5) is 24.4. The number of urea groups is 1. The summed E-state index contributed by atoms with van der Waals surface area (Å²) in [6, 6.07) is -0.243. The number of rotatable bonds is 1. The number of carbonyl (C=O) groups excluding carboxylic acids is 2. The molecular formula is C11H22N4O3. The van der Waals surface area contributed by atoms with Crippen LogP contribution in [0.5, 0.6) is 0 Å². The average molecular weight is 258 g/mol. The SMILES string of the molecule is CC(C)(C)OC(=O)NC1CCN(C(=O)NN)CC1. The molecular weight excluding hydrogens is 236 g/mol. The van der Waals surface area contributed by atoms with Crippen LogP contribution in [-0.2, 0) is 4.74 Å². The molecule has 1 aliphatic heterocycles. The molecule has 1 fully saturated rings. The first-order valence-corrected chi connectivity index (χ1v) is 6.07. The van der Waals surface area contributed by atoms with Crippen LogP contribution < -0.4 is 16.6 Å². The van der Waals surface area contributed by atoms with Gasteiger partial charge in [0.1, 0.15) is 5.60 Å². The number of carbonyl (C=O) groups is 2. The van der Waals surface area contributed by atoms with Crippen molar-refractivity contribution in [2.75, 3.05) is 13.1 Å². The molecule has 1 aliphatic rings. The van der Waals surface area contributed by atoms with Gasteiger partial charge in [-0.05, 0) is 33.6 Å². The van der Waals surface area contributed by atoms with Crippen molar-refractivity contribution in [2.24, 2.45) is 5.84 Å². The van der Waals surface area contributed by atoms with Crippen LogP contribution in [0.2, 0.25) is 0 Å². The molecule has 0 unspecified atom stereocenters. The Morgan fingerprint density at radius 1 is 1.28 bits per heavy atom. The predicted molar refractivity (Wildman–Crippen MR) is 66.7 cm³/mol. The smallest absolute Gasteiger partial charge is 0.407 e. The lowest BCUT2D eigenvalue weighted by Gasteiger charge is -2.32. The fourth-order valence-electron chi connectivity index (χ4n) is 1.79. The van der Waals surface area contributed by atoms with Gasteiger partial charge in [-0.3, -0.25) is 5.43 Å². The highest BCUT2D eigenvalue weighted by molar-refractivity contribution is 5.73. The van der Waals surface area contributed by atoms with Crippen molar-refractivity contribution in [2.45, 2.75) is 45.3 Å². The molecule has 0 aromatic carbocycles. The highest BCUT2D eigenvalue weighted by Crippen LogP contribution is 2.12. The monoisotopic (exact) mass is 258 g/mol. The van der Waals surface area contributed by atoms with E-state index >= 15 is 0 Å². The van der Waals surface area contributed by atoms with Gasteiger partial charge in [-0.15, -0.1) is 0 Å². The van der Waals surface area contributed by atoms with Gasteiger partial charge in [-0.1, -0.05) is 0 Å². The van der Waals surface area contributed by atoms with E-state index in [9.17, 15) is 9.59 Å². The number of amides is 3. The number of hydrogen-bond acceptors (Lipinski definition) is 4. The molecule has 1 heterocycles. The summed E-state index contributed by atoms with van der Waals surface area (Å²) in [5.74, 6) is 5.06. The lowest BCUT2D eigenvalue weighted by Crippen LogP contribution is -2.51. The van der Waals surface area contributed by atoms with E-state index in [0.717, 1.165) is 0 Å². The van der Waals surface area contributed by atoms with E-state index in [2.05, 4.69) is 10.7 Å². The topological polar surface area (TPSA) is 96.7 Å². The molecule has 0 aromatic heterocycles. The van der Waals surface area contributed by atoms with Gasteiger partial charge in [0.05, 0.1) is 0 Å². The summed E-state index contributed by atoms with van der Waals surface area (Å²) in [6.45, 7) is 6.61. The Morgan fingerprint density at radius 3 is 2.28 bits per heavy atom. The fraction of sp³-hybridized carbons (Fsp3) is 0.818. The highest BCUT2D eigenvalue weighted by atomic mass is 16.6. The van der Waals surface area contributed by atoms with Gasteiger partial charge in [0.15, 0.2) is 0 Å².